The number of hydrogen-bond acceptors (Lipinski definition) is 4. The van der Waals surface area contributed by atoms with Crippen LogP contribution in [0.5, 0.6) is 0 Å². The molecule has 1 aromatic heterocycles. The van der Waals surface area contributed by atoms with Crippen LogP contribution in [0.4, 0.5) is 4.79 Å². The van der Waals surface area contributed by atoms with E-state index in [0.717, 1.165) is 65.0 Å². The summed E-state index contributed by atoms with van der Waals surface area (Å²) in [5, 5.41) is 7.59. The first-order valence-corrected chi connectivity index (χ1v) is 12.1. The van der Waals surface area contributed by atoms with Crippen molar-refractivity contribution in [1.82, 2.24) is 15.1 Å². The van der Waals surface area contributed by atoms with E-state index in [9.17, 15) is 4.79 Å². The van der Waals surface area contributed by atoms with Gasteiger partial charge in [0.15, 0.2) is 0 Å². The number of piperidine rings is 1. The van der Waals surface area contributed by atoms with E-state index in [1.54, 1.807) is 11.3 Å². The fourth-order valence-corrected chi connectivity index (χ4v) is 5.30. The Bertz CT molecular complexity index is 754. The highest BCUT2D eigenvalue weighted by molar-refractivity contribution is 7.07. The predicted molar refractivity (Wildman–Crippen MR) is 122 cm³/mol. The van der Waals surface area contributed by atoms with Gasteiger partial charge in [-0.1, -0.05) is 30.3 Å². The summed E-state index contributed by atoms with van der Waals surface area (Å²) in [7, 11) is 0. The topological polar surface area (TPSA) is 44.8 Å². The second-order valence-electron chi connectivity index (χ2n) is 8.36. The fourth-order valence-electron chi connectivity index (χ4n) is 4.64. The van der Waals surface area contributed by atoms with Gasteiger partial charge in [-0.3, -0.25) is 4.90 Å². The molecule has 1 N–H and O–H groups in total. The van der Waals surface area contributed by atoms with Crippen molar-refractivity contribution in [2.75, 3.05) is 32.8 Å². The van der Waals surface area contributed by atoms with Crippen molar-refractivity contribution in [3.05, 3.63) is 58.3 Å². The first-order valence-electron chi connectivity index (χ1n) is 11.2. The molecule has 2 aromatic rings. The number of urea groups is 1. The third-order valence-electron chi connectivity index (χ3n) is 6.29. The van der Waals surface area contributed by atoms with Crippen LogP contribution in [0.2, 0.25) is 0 Å². The number of rotatable bonds is 7. The largest absolute Gasteiger partial charge is 0.381 e. The molecule has 2 aliphatic heterocycles. The molecule has 0 saturated carbocycles. The predicted octanol–water partition coefficient (Wildman–Crippen LogP) is 4.15. The molecule has 2 fully saturated rings. The highest BCUT2D eigenvalue weighted by Gasteiger charge is 2.34. The lowest BCUT2D eigenvalue weighted by atomic mass is 9.98. The maximum atomic E-state index is 13.2. The van der Waals surface area contributed by atoms with Gasteiger partial charge in [-0.25, -0.2) is 4.79 Å². The average Bonchev–Trinajstić information content (AvgIpc) is 3.30. The molecule has 4 rings (SSSR count). The Hall–Kier alpha value is -1.89. The van der Waals surface area contributed by atoms with E-state index in [2.05, 4.69) is 56.2 Å². The number of thiophene rings is 1. The lowest BCUT2D eigenvalue weighted by Gasteiger charge is -2.43. The minimum Gasteiger partial charge on any atom is -0.381 e. The highest BCUT2D eigenvalue weighted by atomic mass is 32.1. The van der Waals surface area contributed by atoms with Crippen LogP contribution < -0.4 is 5.32 Å². The van der Waals surface area contributed by atoms with Gasteiger partial charge in [0.2, 0.25) is 0 Å². The number of carbonyl (C=O) groups is 1. The third-order valence-corrected chi connectivity index (χ3v) is 7.02. The van der Waals surface area contributed by atoms with Crippen molar-refractivity contribution < 1.29 is 9.53 Å². The smallest absolute Gasteiger partial charge is 0.317 e. The van der Waals surface area contributed by atoms with Crippen molar-refractivity contribution >= 4 is 17.4 Å². The van der Waals surface area contributed by atoms with E-state index in [0.29, 0.717) is 18.6 Å². The number of nitrogens with zero attached hydrogens (tertiary/aromatic N) is 2. The molecular formula is C24H33N3O2S. The molecule has 0 radical (unpaired) electrons. The van der Waals surface area contributed by atoms with Crippen molar-refractivity contribution in [3.8, 4) is 0 Å². The molecule has 162 valence electrons. The van der Waals surface area contributed by atoms with Crippen molar-refractivity contribution in [2.24, 2.45) is 0 Å². The minimum absolute atomic E-state index is 0.106. The average molecular weight is 428 g/mol. The Morgan fingerprint density at radius 2 is 1.77 bits per heavy atom. The first-order chi connectivity index (χ1) is 14.8. The van der Waals surface area contributed by atoms with Gasteiger partial charge in [0.05, 0.1) is 0 Å². The van der Waals surface area contributed by atoms with Gasteiger partial charge >= 0.3 is 6.03 Å². The molecule has 0 spiro atoms. The molecule has 6 heteroatoms. The lowest BCUT2D eigenvalue weighted by Crippen LogP contribution is -2.56. The molecule has 0 unspecified atom stereocenters. The van der Waals surface area contributed by atoms with Crippen LogP contribution in [0.15, 0.2) is 47.2 Å². The van der Waals surface area contributed by atoms with Crippen LogP contribution in [-0.4, -0.2) is 60.8 Å². The monoisotopic (exact) mass is 427 g/mol. The molecule has 1 aromatic carbocycles. The van der Waals surface area contributed by atoms with E-state index in [1.807, 2.05) is 6.07 Å². The minimum atomic E-state index is 0.106. The maximum absolute atomic E-state index is 13.2. The van der Waals surface area contributed by atoms with Gasteiger partial charge in [0.1, 0.15) is 0 Å². The number of ether oxygens (including phenoxy) is 1. The van der Waals surface area contributed by atoms with Gasteiger partial charge < -0.3 is 15.0 Å². The zero-order valence-electron chi connectivity index (χ0n) is 17.7. The number of nitrogens with one attached hydrogen (secondary N) is 1. The summed E-state index contributed by atoms with van der Waals surface area (Å²) in [5.41, 5.74) is 2.66. The number of carbonyl (C=O) groups excluding carboxylic acids is 1. The molecule has 0 atom stereocenters. The molecule has 2 amide bonds. The van der Waals surface area contributed by atoms with E-state index >= 15 is 0 Å². The molecule has 30 heavy (non-hydrogen) atoms. The Balaban J connectivity index is 1.33. The summed E-state index contributed by atoms with van der Waals surface area (Å²) in [6.07, 6.45) is 4.86. The second kappa shape index (κ2) is 10.9. The standard InChI is InChI=1S/C24H33N3O2S/c28-24(25-12-6-20-4-2-1-3-5-20)27(23-9-15-29-16-10-23)22-7-13-26(14-8-22)18-21-11-17-30-19-21/h1-5,11,17,19,22-23H,6-10,12-16,18H2,(H,25,28). The SMILES string of the molecule is O=C(NCCc1ccccc1)N(C1CCOCC1)C1CCN(Cc2ccsc2)CC1. The third kappa shape index (κ3) is 5.84. The van der Waals surface area contributed by atoms with Crippen LogP contribution >= 0.6 is 11.3 Å². The van der Waals surface area contributed by atoms with Crippen LogP contribution in [0.25, 0.3) is 0 Å². The Morgan fingerprint density at radius 1 is 1.03 bits per heavy atom. The summed E-state index contributed by atoms with van der Waals surface area (Å²) in [6, 6.07) is 13.3. The number of amides is 2. The molecule has 0 bridgehead atoms. The molecule has 0 aliphatic carbocycles. The maximum Gasteiger partial charge on any atom is 0.317 e. The second-order valence-corrected chi connectivity index (χ2v) is 9.14. The Kier molecular flexibility index (Phi) is 7.78. The van der Waals surface area contributed by atoms with Crippen LogP contribution in [0.3, 0.4) is 0 Å². The molecule has 5 nitrogen and oxygen atoms in total. The lowest BCUT2D eigenvalue weighted by molar-refractivity contribution is 0.0204. The van der Waals surface area contributed by atoms with E-state index in [4.69, 9.17) is 4.74 Å². The molecular weight excluding hydrogens is 394 g/mol. The summed E-state index contributed by atoms with van der Waals surface area (Å²) in [4.78, 5) is 17.9. The van der Waals surface area contributed by atoms with Gasteiger partial charge in [-0.2, -0.15) is 11.3 Å². The van der Waals surface area contributed by atoms with Crippen LogP contribution in [-0.2, 0) is 17.7 Å². The van der Waals surface area contributed by atoms with E-state index < -0.39 is 0 Å². The van der Waals surface area contributed by atoms with Crippen molar-refractivity contribution in [2.45, 2.75) is 50.7 Å². The van der Waals surface area contributed by atoms with Crippen molar-refractivity contribution in [3.63, 3.8) is 0 Å². The number of likely N-dealkylation sites (tertiary alicyclic amines) is 1. The number of hydrogen-bond donors (Lipinski definition) is 1. The first kappa shape index (κ1) is 21.3. The summed E-state index contributed by atoms with van der Waals surface area (Å²) >= 11 is 1.76. The van der Waals surface area contributed by atoms with E-state index in [1.165, 1.54) is 11.1 Å². The normalized spacial score (nSPS) is 18.9. The zero-order chi connectivity index (χ0) is 20.6. The van der Waals surface area contributed by atoms with Gasteiger partial charge in [-0.05, 0) is 60.1 Å². The van der Waals surface area contributed by atoms with E-state index in [-0.39, 0.29) is 6.03 Å². The zero-order valence-corrected chi connectivity index (χ0v) is 18.5. The summed E-state index contributed by atoms with van der Waals surface area (Å²) < 4.78 is 5.57. The van der Waals surface area contributed by atoms with Crippen LogP contribution in [0, 0.1) is 0 Å². The van der Waals surface area contributed by atoms with Crippen molar-refractivity contribution in [1.29, 1.82) is 0 Å². The summed E-state index contributed by atoms with van der Waals surface area (Å²) in [5.74, 6) is 0. The highest BCUT2D eigenvalue weighted by Crippen LogP contribution is 2.25. The van der Waals surface area contributed by atoms with Gasteiger partial charge in [0, 0.05) is 51.5 Å². The quantitative estimate of drug-likeness (QED) is 0.722. The molecule has 2 aliphatic rings. The Labute approximate surface area is 184 Å². The molecule has 3 heterocycles. The van der Waals surface area contributed by atoms with Gasteiger partial charge in [-0.15, -0.1) is 0 Å². The fraction of sp³-hybridized carbons (Fsp3) is 0.542. The Morgan fingerprint density at radius 3 is 2.47 bits per heavy atom. The van der Waals surface area contributed by atoms with Gasteiger partial charge in [0.25, 0.3) is 0 Å². The van der Waals surface area contributed by atoms with Crippen LogP contribution in [0.1, 0.15) is 36.8 Å². The summed E-state index contributed by atoms with van der Waals surface area (Å²) in [6.45, 7) is 5.33. The molecule has 2 saturated heterocycles. The number of benzene rings is 1.